The van der Waals surface area contributed by atoms with Crippen molar-refractivity contribution in [1.82, 2.24) is 0 Å². The van der Waals surface area contributed by atoms with Gasteiger partial charge in [-0.25, -0.2) is 4.79 Å². The molecule has 3 aliphatic rings. The fourth-order valence-electron chi connectivity index (χ4n) is 4.69. The zero-order valence-electron chi connectivity index (χ0n) is 15.6. The second-order valence-electron chi connectivity index (χ2n) is 7.71. The summed E-state index contributed by atoms with van der Waals surface area (Å²) in [6.45, 7) is 5.61. The molecule has 0 aromatic heterocycles. The van der Waals surface area contributed by atoms with Gasteiger partial charge in [-0.3, -0.25) is 9.59 Å². The number of benzene rings is 1. The summed E-state index contributed by atoms with van der Waals surface area (Å²) in [5.41, 5.74) is 2.97. The number of fused-ring (bicyclic) bond motifs is 3. The van der Waals surface area contributed by atoms with E-state index in [0.29, 0.717) is 17.6 Å². The lowest BCUT2D eigenvalue weighted by Gasteiger charge is -2.29. The van der Waals surface area contributed by atoms with E-state index in [-0.39, 0.29) is 29.5 Å². The van der Waals surface area contributed by atoms with Crippen molar-refractivity contribution in [2.75, 3.05) is 0 Å². The van der Waals surface area contributed by atoms with E-state index in [0.717, 1.165) is 11.1 Å². The molecule has 5 unspecified atom stereocenters. The van der Waals surface area contributed by atoms with Gasteiger partial charge in [0, 0.05) is 23.8 Å². The number of carbonyl (C=O) groups is 3. The fraction of sp³-hybridized carbons (Fsp3) is 0.409. The van der Waals surface area contributed by atoms with Crippen molar-refractivity contribution in [1.29, 1.82) is 0 Å². The highest BCUT2D eigenvalue weighted by Crippen LogP contribution is 2.48. The van der Waals surface area contributed by atoms with Crippen molar-refractivity contribution in [2.45, 2.75) is 39.4 Å². The lowest BCUT2D eigenvalue weighted by molar-refractivity contribution is -0.144. The molecule has 0 spiro atoms. The van der Waals surface area contributed by atoms with Crippen LogP contribution in [0, 0.1) is 17.8 Å². The highest BCUT2D eigenvalue weighted by molar-refractivity contribution is 6.09. The molecule has 1 heterocycles. The quantitative estimate of drug-likeness (QED) is 0.752. The van der Waals surface area contributed by atoms with Crippen molar-refractivity contribution in [3.63, 3.8) is 0 Å². The predicted molar refractivity (Wildman–Crippen MR) is 97.8 cm³/mol. The second-order valence-corrected chi connectivity index (χ2v) is 7.71. The predicted octanol–water partition coefficient (Wildman–Crippen LogP) is 3.26. The fourth-order valence-corrected chi connectivity index (χ4v) is 4.69. The van der Waals surface area contributed by atoms with E-state index in [2.05, 4.69) is 0 Å². The van der Waals surface area contributed by atoms with Crippen molar-refractivity contribution in [3.8, 4) is 0 Å². The largest absolute Gasteiger partial charge is 0.461 e. The molecule has 0 amide bonds. The molecule has 0 radical (unpaired) electrons. The molecule has 27 heavy (non-hydrogen) atoms. The van der Waals surface area contributed by atoms with Gasteiger partial charge in [-0.2, -0.15) is 0 Å². The van der Waals surface area contributed by atoms with Gasteiger partial charge in [-0.15, -0.1) is 0 Å². The minimum absolute atomic E-state index is 0.0283. The molecule has 1 saturated heterocycles. The third-order valence-electron chi connectivity index (χ3n) is 6.00. The van der Waals surface area contributed by atoms with Crippen LogP contribution in [0.4, 0.5) is 0 Å². The number of allylic oxidation sites excluding steroid dienone is 1. The summed E-state index contributed by atoms with van der Waals surface area (Å²) in [6.07, 6.45) is 1.08. The standard InChI is InChI=1S/C22H22O5/c1-11-9-15(23)17-12(2)10-16(26-22(25)14-7-5-4-6-8-14)19-13(3)21(24)27-20(19)18(11)17/h4-9,13,16,18-20H,10H2,1-3H3. The molecule has 5 atom stereocenters. The SMILES string of the molecule is CC1=CC(=O)C2=C(C)CC(OC(=O)c3ccccc3)C3C(C)C(=O)OC3C12. The molecular formula is C22H22O5. The maximum Gasteiger partial charge on any atom is 0.338 e. The summed E-state index contributed by atoms with van der Waals surface area (Å²) in [5, 5.41) is 0. The first-order chi connectivity index (χ1) is 12.9. The highest BCUT2D eigenvalue weighted by Gasteiger charge is 2.55. The molecule has 5 nitrogen and oxygen atoms in total. The van der Waals surface area contributed by atoms with Crippen LogP contribution < -0.4 is 0 Å². The Morgan fingerprint density at radius 1 is 1.15 bits per heavy atom. The molecule has 1 fully saturated rings. The van der Waals surface area contributed by atoms with Crippen LogP contribution in [0.3, 0.4) is 0 Å². The molecule has 1 aromatic carbocycles. The van der Waals surface area contributed by atoms with Crippen LogP contribution in [-0.4, -0.2) is 29.9 Å². The lowest BCUT2D eigenvalue weighted by Crippen LogP contribution is -2.38. The van der Waals surface area contributed by atoms with Crippen LogP contribution in [0.2, 0.25) is 0 Å². The molecule has 0 saturated carbocycles. The van der Waals surface area contributed by atoms with Crippen LogP contribution in [0.25, 0.3) is 0 Å². The lowest BCUT2D eigenvalue weighted by atomic mass is 9.79. The van der Waals surface area contributed by atoms with E-state index < -0.39 is 18.2 Å². The van der Waals surface area contributed by atoms with Gasteiger partial charge in [0.1, 0.15) is 12.2 Å². The monoisotopic (exact) mass is 366 g/mol. The number of hydrogen-bond acceptors (Lipinski definition) is 5. The number of hydrogen-bond donors (Lipinski definition) is 0. The van der Waals surface area contributed by atoms with Gasteiger partial charge in [0.05, 0.1) is 11.5 Å². The summed E-state index contributed by atoms with van der Waals surface area (Å²) >= 11 is 0. The van der Waals surface area contributed by atoms with Crippen LogP contribution in [0.15, 0.2) is 53.1 Å². The number of ether oxygens (including phenoxy) is 2. The highest BCUT2D eigenvalue weighted by atomic mass is 16.6. The van der Waals surface area contributed by atoms with Crippen molar-refractivity contribution < 1.29 is 23.9 Å². The second kappa shape index (κ2) is 6.48. The summed E-state index contributed by atoms with van der Waals surface area (Å²) in [6, 6.07) is 8.80. The average molecular weight is 366 g/mol. The Kier molecular flexibility index (Phi) is 4.25. The summed E-state index contributed by atoms with van der Waals surface area (Å²) in [4.78, 5) is 37.5. The van der Waals surface area contributed by atoms with E-state index in [9.17, 15) is 14.4 Å². The Morgan fingerprint density at radius 2 is 1.85 bits per heavy atom. The van der Waals surface area contributed by atoms with Gasteiger partial charge < -0.3 is 9.47 Å². The van der Waals surface area contributed by atoms with Crippen LogP contribution in [-0.2, 0) is 19.1 Å². The molecule has 4 rings (SSSR count). The number of esters is 2. The molecular weight excluding hydrogens is 344 g/mol. The van der Waals surface area contributed by atoms with Gasteiger partial charge in [0.15, 0.2) is 5.78 Å². The number of ketones is 1. The normalized spacial score (nSPS) is 32.4. The maximum atomic E-state index is 12.6. The first-order valence-electron chi connectivity index (χ1n) is 9.27. The van der Waals surface area contributed by atoms with Crippen molar-refractivity contribution in [3.05, 3.63) is 58.7 Å². The zero-order chi connectivity index (χ0) is 19.3. The minimum Gasteiger partial charge on any atom is -0.461 e. The Morgan fingerprint density at radius 3 is 2.56 bits per heavy atom. The number of rotatable bonds is 2. The van der Waals surface area contributed by atoms with E-state index in [4.69, 9.17) is 9.47 Å². The number of carbonyl (C=O) groups excluding carboxylic acids is 3. The smallest absolute Gasteiger partial charge is 0.338 e. The van der Waals surface area contributed by atoms with E-state index in [1.54, 1.807) is 30.3 Å². The molecule has 0 N–H and O–H groups in total. The third kappa shape index (κ3) is 2.82. The molecule has 1 aromatic rings. The first kappa shape index (κ1) is 17.7. The van der Waals surface area contributed by atoms with Crippen LogP contribution in [0.5, 0.6) is 0 Å². The van der Waals surface area contributed by atoms with Crippen LogP contribution >= 0.6 is 0 Å². The maximum absolute atomic E-state index is 12.6. The minimum atomic E-state index is -0.511. The summed E-state index contributed by atoms with van der Waals surface area (Å²) < 4.78 is 11.6. The van der Waals surface area contributed by atoms with Gasteiger partial charge in [-0.1, -0.05) is 36.3 Å². The molecule has 140 valence electrons. The summed E-state index contributed by atoms with van der Waals surface area (Å²) in [5.74, 6) is -1.65. The van der Waals surface area contributed by atoms with Crippen molar-refractivity contribution in [2.24, 2.45) is 17.8 Å². The van der Waals surface area contributed by atoms with E-state index in [1.165, 1.54) is 0 Å². The van der Waals surface area contributed by atoms with Gasteiger partial charge in [0.25, 0.3) is 0 Å². The molecule has 1 aliphatic heterocycles. The first-order valence-corrected chi connectivity index (χ1v) is 9.27. The Balaban J connectivity index is 1.71. The zero-order valence-corrected chi connectivity index (χ0v) is 15.6. The molecule has 0 bridgehead atoms. The van der Waals surface area contributed by atoms with Crippen molar-refractivity contribution >= 4 is 17.7 Å². The Labute approximate surface area is 158 Å². The summed E-state index contributed by atoms with van der Waals surface area (Å²) in [7, 11) is 0. The van der Waals surface area contributed by atoms with E-state index >= 15 is 0 Å². The molecule has 2 aliphatic carbocycles. The van der Waals surface area contributed by atoms with Crippen LogP contribution in [0.1, 0.15) is 37.6 Å². The Hall–Kier alpha value is -2.69. The van der Waals surface area contributed by atoms with Gasteiger partial charge in [0.2, 0.25) is 0 Å². The van der Waals surface area contributed by atoms with E-state index in [1.807, 2.05) is 26.8 Å². The third-order valence-corrected chi connectivity index (χ3v) is 6.00. The average Bonchev–Trinajstić information content (AvgIpc) is 3.05. The molecule has 5 heteroatoms. The Bertz CT molecular complexity index is 879. The van der Waals surface area contributed by atoms with Gasteiger partial charge in [-0.05, 0) is 32.1 Å². The van der Waals surface area contributed by atoms with Gasteiger partial charge >= 0.3 is 11.9 Å². The topological polar surface area (TPSA) is 69.7 Å².